The number of sulfonamides is 1. The second-order valence-corrected chi connectivity index (χ2v) is 10.8. The van der Waals surface area contributed by atoms with Gasteiger partial charge >= 0.3 is 0 Å². The number of halogens is 2. The van der Waals surface area contributed by atoms with Gasteiger partial charge in [-0.2, -0.15) is 0 Å². The standard InChI is InChI=1S/C21H25Br2N3O4S/c1-14-11-18(9-10-19(14)23)26(31(4,29)30)13-20(27)25(15(2)21(28)24-3)12-16-5-7-17(22)8-6-16/h5-11,15H,12-13H2,1-4H3,(H,24,28)/t15-/m1/s1. The maximum atomic E-state index is 13.3. The number of nitrogens with one attached hydrogen (secondary N) is 1. The summed E-state index contributed by atoms with van der Waals surface area (Å²) in [6, 6.07) is 11.6. The van der Waals surface area contributed by atoms with Gasteiger partial charge in [0.25, 0.3) is 0 Å². The minimum Gasteiger partial charge on any atom is -0.357 e. The predicted octanol–water partition coefficient (Wildman–Crippen LogP) is 3.45. The number of nitrogens with zero attached hydrogens (tertiary/aromatic N) is 2. The van der Waals surface area contributed by atoms with Crippen LogP contribution in [-0.4, -0.2) is 51.0 Å². The fourth-order valence-electron chi connectivity index (χ4n) is 2.98. The van der Waals surface area contributed by atoms with Crippen LogP contribution in [0.15, 0.2) is 51.4 Å². The van der Waals surface area contributed by atoms with Crippen molar-refractivity contribution in [2.24, 2.45) is 0 Å². The van der Waals surface area contributed by atoms with Gasteiger partial charge in [0.15, 0.2) is 0 Å². The third-order valence-corrected chi connectivity index (χ3v) is 7.35. The summed E-state index contributed by atoms with van der Waals surface area (Å²) < 4.78 is 27.8. The zero-order chi connectivity index (χ0) is 23.3. The summed E-state index contributed by atoms with van der Waals surface area (Å²) >= 11 is 6.77. The molecule has 7 nitrogen and oxygen atoms in total. The molecule has 2 rings (SSSR count). The van der Waals surface area contributed by atoms with Crippen molar-refractivity contribution in [1.82, 2.24) is 10.2 Å². The number of hydrogen-bond acceptors (Lipinski definition) is 4. The Morgan fingerprint density at radius 3 is 2.23 bits per heavy atom. The molecule has 0 aromatic heterocycles. The third-order valence-electron chi connectivity index (χ3n) is 4.79. The van der Waals surface area contributed by atoms with Gasteiger partial charge in [-0.05, 0) is 55.3 Å². The predicted molar refractivity (Wildman–Crippen MR) is 129 cm³/mol. The molecule has 0 aliphatic carbocycles. The number of aryl methyl sites for hydroxylation is 1. The zero-order valence-corrected chi connectivity index (χ0v) is 21.7. The minimum absolute atomic E-state index is 0.164. The van der Waals surface area contributed by atoms with Gasteiger partial charge in [-0.15, -0.1) is 0 Å². The van der Waals surface area contributed by atoms with Gasteiger partial charge < -0.3 is 10.2 Å². The Morgan fingerprint density at radius 2 is 1.71 bits per heavy atom. The first kappa shape index (κ1) is 25.4. The lowest BCUT2D eigenvalue weighted by molar-refractivity contribution is -0.139. The molecule has 2 aromatic rings. The molecule has 0 aliphatic heterocycles. The Balaban J connectivity index is 2.39. The fraction of sp³-hybridized carbons (Fsp3) is 0.333. The summed E-state index contributed by atoms with van der Waals surface area (Å²) in [5, 5.41) is 2.55. The van der Waals surface area contributed by atoms with Crippen molar-refractivity contribution in [1.29, 1.82) is 0 Å². The quantitative estimate of drug-likeness (QED) is 0.523. The smallest absolute Gasteiger partial charge is 0.244 e. The number of benzene rings is 2. The Hall–Kier alpha value is -1.91. The lowest BCUT2D eigenvalue weighted by Gasteiger charge is -2.31. The van der Waals surface area contributed by atoms with Crippen LogP contribution in [0.1, 0.15) is 18.1 Å². The molecule has 0 unspecified atom stereocenters. The van der Waals surface area contributed by atoms with Gasteiger partial charge in [0, 0.05) is 22.5 Å². The first-order valence-corrected chi connectivity index (χ1v) is 12.9. The Bertz CT molecular complexity index is 1060. The number of hydrogen-bond donors (Lipinski definition) is 1. The average Bonchev–Trinajstić information content (AvgIpc) is 2.71. The van der Waals surface area contributed by atoms with Crippen molar-refractivity contribution in [3.63, 3.8) is 0 Å². The summed E-state index contributed by atoms with van der Waals surface area (Å²) in [5.74, 6) is -0.819. The molecule has 1 N–H and O–H groups in total. The highest BCUT2D eigenvalue weighted by molar-refractivity contribution is 9.10. The number of rotatable bonds is 8. The molecule has 0 fully saturated rings. The molecular formula is C21H25Br2N3O4S. The fourth-order valence-corrected chi connectivity index (χ4v) is 4.33. The van der Waals surface area contributed by atoms with Crippen molar-refractivity contribution in [2.75, 3.05) is 24.2 Å². The van der Waals surface area contributed by atoms with E-state index >= 15 is 0 Å². The molecular weight excluding hydrogens is 550 g/mol. The summed E-state index contributed by atoms with van der Waals surface area (Å²) in [5.41, 5.74) is 2.04. The third kappa shape index (κ3) is 6.78. The van der Waals surface area contributed by atoms with Gasteiger partial charge in [-0.3, -0.25) is 13.9 Å². The molecule has 2 amide bonds. The monoisotopic (exact) mass is 573 g/mol. The summed E-state index contributed by atoms with van der Waals surface area (Å²) in [6.45, 7) is 3.20. The molecule has 0 saturated carbocycles. The number of likely N-dealkylation sites (N-methyl/N-ethyl adjacent to an activating group) is 1. The van der Waals surface area contributed by atoms with Crippen molar-refractivity contribution in [3.8, 4) is 0 Å². The van der Waals surface area contributed by atoms with E-state index in [1.165, 1.54) is 11.9 Å². The molecule has 10 heteroatoms. The second kappa shape index (κ2) is 10.6. The van der Waals surface area contributed by atoms with Crippen LogP contribution < -0.4 is 9.62 Å². The Morgan fingerprint density at radius 1 is 1.10 bits per heavy atom. The van der Waals surface area contributed by atoms with Gasteiger partial charge in [0.1, 0.15) is 12.6 Å². The molecule has 0 radical (unpaired) electrons. The van der Waals surface area contributed by atoms with E-state index in [-0.39, 0.29) is 12.5 Å². The Kier molecular flexibility index (Phi) is 8.67. The summed E-state index contributed by atoms with van der Waals surface area (Å²) in [4.78, 5) is 26.9. The van der Waals surface area contributed by atoms with Crippen LogP contribution in [0.3, 0.4) is 0 Å². The molecule has 1 atom stereocenters. The van der Waals surface area contributed by atoms with E-state index in [1.54, 1.807) is 25.1 Å². The molecule has 0 aliphatic rings. The lowest BCUT2D eigenvalue weighted by Crippen LogP contribution is -2.50. The largest absolute Gasteiger partial charge is 0.357 e. The zero-order valence-electron chi connectivity index (χ0n) is 17.7. The molecule has 2 aromatic carbocycles. The van der Waals surface area contributed by atoms with Gasteiger partial charge in [-0.25, -0.2) is 8.42 Å². The summed E-state index contributed by atoms with van der Waals surface area (Å²) in [6.07, 6.45) is 1.05. The Labute approximate surface area is 200 Å². The van der Waals surface area contributed by atoms with Crippen molar-refractivity contribution in [3.05, 3.63) is 62.5 Å². The van der Waals surface area contributed by atoms with Crippen LogP contribution in [0.5, 0.6) is 0 Å². The number of carbonyl (C=O) groups excluding carboxylic acids is 2. The van der Waals surface area contributed by atoms with Crippen LogP contribution >= 0.6 is 31.9 Å². The maximum Gasteiger partial charge on any atom is 0.244 e. The molecule has 0 saturated heterocycles. The van der Waals surface area contributed by atoms with E-state index < -0.39 is 28.5 Å². The highest BCUT2D eigenvalue weighted by Gasteiger charge is 2.29. The molecule has 0 bridgehead atoms. The number of anilines is 1. The van der Waals surface area contributed by atoms with E-state index in [9.17, 15) is 18.0 Å². The van der Waals surface area contributed by atoms with Crippen molar-refractivity contribution in [2.45, 2.75) is 26.4 Å². The van der Waals surface area contributed by atoms with Crippen molar-refractivity contribution < 1.29 is 18.0 Å². The van der Waals surface area contributed by atoms with Crippen LogP contribution in [0.2, 0.25) is 0 Å². The van der Waals surface area contributed by atoms with Gasteiger partial charge in [0.05, 0.1) is 11.9 Å². The van der Waals surface area contributed by atoms with E-state index in [0.717, 1.165) is 30.6 Å². The van der Waals surface area contributed by atoms with Crippen LogP contribution in [-0.2, 0) is 26.2 Å². The normalized spacial score (nSPS) is 12.2. The highest BCUT2D eigenvalue weighted by Crippen LogP contribution is 2.25. The number of amides is 2. The summed E-state index contributed by atoms with van der Waals surface area (Å²) in [7, 11) is -2.25. The minimum atomic E-state index is -3.74. The van der Waals surface area contributed by atoms with E-state index in [2.05, 4.69) is 37.2 Å². The van der Waals surface area contributed by atoms with Crippen LogP contribution in [0.4, 0.5) is 5.69 Å². The van der Waals surface area contributed by atoms with Crippen LogP contribution in [0, 0.1) is 6.92 Å². The topological polar surface area (TPSA) is 86.8 Å². The maximum absolute atomic E-state index is 13.3. The van der Waals surface area contributed by atoms with E-state index in [0.29, 0.717) is 5.69 Å². The second-order valence-electron chi connectivity index (χ2n) is 7.14. The SMILES string of the molecule is CNC(=O)[C@@H](C)N(Cc1ccc(Br)cc1)C(=O)CN(c1ccc(Br)c(C)c1)S(C)(=O)=O. The van der Waals surface area contributed by atoms with Gasteiger partial charge in [-0.1, -0.05) is 44.0 Å². The van der Waals surface area contributed by atoms with E-state index in [1.807, 2.05) is 31.2 Å². The highest BCUT2D eigenvalue weighted by atomic mass is 79.9. The molecule has 31 heavy (non-hydrogen) atoms. The average molecular weight is 575 g/mol. The first-order valence-electron chi connectivity index (χ1n) is 9.43. The van der Waals surface area contributed by atoms with Gasteiger partial charge in [0.2, 0.25) is 21.8 Å². The molecule has 168 valence electrons. The molecule has 0 spiro atoms. The first-order chi connectivity index (χ1) is 14.4. The van der Waals surface area contributed by atoms with Crippen LogP contribution in [0.25, 0.3) is 0 Å². The van der Waals surface area contributed by atoms with Crippen molar-refractivity contribution >= 4 is 59.4 Å². The lowest BCUT2D eigenvalue weighted by atomic mass is 10.1. The molecule has 0 heterocycles. The number of carbonyl (C=O) groups is 2. The van der Waals surface area contributed by atoms with E-state index in [4.69, 9.17) is 0 Å².